The molecule has 0 bridgehead atoms. The SMILES string of the molecule is C[Si](C)(C)C1([Si](C)(C)C)c2ccccc2-c2ccc(Br)cc21. The van der Waals surface area contributed by atoms with Gasteiger partial charge in [-0.2, -0.15) is 0 Å². The topological polar surface area (TPSA) is 0 Å². The van der Waals surface area contributed by atoms with Crippen LogP contribution < -0.4 is 0 Å². The highest BCUT2D eigenvalue weighted by molar-refractivity contribution is 9.10. The first-order chi connectivity index (χ1) is 10.1. The lowest BCUT2D eigenvalue weighted by molar-refractivity contribution is 0.951. The fourth-order valence-corrected chi connectivity index (χ4v) is 18.4. The van der Waals surface area contributed by atoms with Crippen LogP contribution in [-0.4, -0.2) is 16.1 Å². The molecule has 0 aromatic heterocycles. The van der Waals surface area contributed by atoms with Gasteiger partial charge in [0.05, 0.1) is 16.1 Å². The molecule has 0 aliphatic heterocycles. The Bertz CT molecular complexity index is 722. The Morgan fingerprint density at radius 3 is 1.86 bits per heavy atom. The molecule has 0 spiro atoms. The maximum absolute atomic E-state index is 3.73. The van der Waals surface area contributed by atoms with Gasteiger partial charge in [0, 0.05) is 9.13 Å². The van der Waals surface area contributed by atoms with E-state index in [-0.39, 0.29) is 4.66 Å². The van der Waals surface area contributed by atoms with E-state index >= 15 is 0 Å². The van der Waals surface area contributed by atoms with Gasteiger partial charge in [0.15, 0.2) is 0 Å². The lowest BCUT2D eigenvalue weighted by atomic mass is 10.1. The van der Waals surface area contributed by atoms with Crippen LogP contribution in [0.4, 0.5) is 0 Å². The van der Waals surface area contributed by atoms with E-state index in [1.807, 2.05) is 0 Å². The third-order valence-corrected chi connectivity index (χ3v) is 15.8. The average Bonchev–Trinajstić information content (AvgIpc) is 2.67. The van der Waals surface area contributed by atoms with Crippen LogP contribution in [0, 0.1) is 0 Å². The molecular formula is C19H25BrSi2. The van der Waals surface area contributed by atoms with Crippen LogP contribution in [0.15, 0.2) is 46.9 Å². The molecule has 2 aromatic carbocycles. The number of hydrogen-bond acceptors (Lipinski definition) is 0. The van der Waals surface area contributed by atoms with Gasteiger partial charge >= 0.3 is 0 Å². The van der Waals surface area contributed by atoms with Crippen LogP contribution in [0.5, 0.6) is 0 Å². The number of benzene rings is 2. The van der Waals surface area contributed by atoms with Crippen molar-refractivity contribution in [2.75, 3.05) is 0 Å². The summed E-state index contributed by atoms with van der Waals surface area (Å²) in [4.78, 5) is 0. The fourth-order valence-electron chi connectivity index (χ4n) is 4.99. The van der Waals surface area contributed by atoms with Crippen LogP contribution in [0.2, 0.25) is 39.3 Å². The molecule has 3 rings (SSSR count). The fraction of sp³-hybridized carbons (Fsp3) is 0.368. The predicted octanol–water partition coefficient (Wildman–Crippen LogP) is 6.47. The molecule has 0 nitrogen and oxygen atoms in total. The van der Waals surface area contributed by atoms with Crippen LogP contribution in [0.1, 0.15) is 11.1 Å². The van der Waals surface area contributed by atoms with Crippen molar-refractivity contribution < 1.29 is 0 Å². The summed E-state index contributed by atoms with van der Waals surface area (Å²) < 4.78 is 1.48. The highest BCUT2D eigenvalue weighted by Gasteiger charge is 2.58. The number of rotatable bonds is 2. The van der Waals surface area contributed by atoms with E-state index in [0.717, 1.165) is 0 Å². The number of fused-ring (bicyclic) bond motifs is 3. The Morgan fingerprint density at radius 1 is 0.727 bits per heavy atom. The maximum Gasteiger partial charge on any atom is 0.0579 e. The van der Waals surface area contributed by atoms with Crippen LogP contribution >= 0.6 is 15.9 Å². The van der Waals surface area contributed by atoms with Crippen molar-refractivity contribution in [3.8, 4) is 11.1 Å². The molecule has 0 saturated carbocycles. The smallest absolute Gasteiger partial charge is 0.0579 e. The largest absolute Gasteiger partial charge is 0.0688 e. The van der Waals surface area contributed by atoms with E-state index in [0.29, 0.717) is 0 Å². The van der Waals surface area contributed by atoms with Crippen molar-refractivity contribution in [1.29, 1.82) is 0 Å². The van der Waals surface area contributed by atoms with Crippen molar-refractivity contribution in [1.82, 2.24) is 0 Å². The molecule has 1 aliphatic rings. The van der Waals surface area contributed by atoms with E-state index in [2.05, 4.69) is 97.7 Å². The zero-order valence-corrected chi connectivity index (χ0v) is 18.0. The maximum atomic E-state index is 3.73. The van der Waals surface area contributed by atoms with Crippen molar-refractivity contribution in [2.45, 2.75) is 43.9 Å². The molecule has 0 unspecified atom stereocenters. The number of halogens is 1. The minimum Gasteiger partial charge on any atom is -0.0688 e. The third-order valence-electron chi connectivity index (χ3n) is 5.26. The van der Waals surface area contributed by atoms with Gasteiger partial charge in [-0.3, -0.25) is 0 Å². The molecule has 2 aromatic rings. The van der Waals surface area contributed by atoms with Crippen LogP contribution in [0.25, 0.3) is 11.1 Å². The summed E-state index contributed by atoms with van der Waals surface area (Å²) in [7, 11) is -2.99. The summed E-state index contributed by atoms with van der Waals surface area (Å²) >= 11 is 3.73. The summed E-state index contributed by atoms with van der Waals surface area (Å²) in [5.74, 6) is 0. The summed E-state index contributed by atoms with van der Waals surface area (Å²) in [6.45, 7) is 15.3. The molecule has 0 heterocycles. The zero-order chi connectivity index (χ0) is 16.3. The van der Waals surface area contributed by atoms with Crippen LogP contribution in [0.3, 0.4) is 0 Å². The number of hydrogen-bond donors (Lipinski definition) is 0. The Balaban J connectivity index is 2.52. The third kappa shape index (κ3) is 1.98. The molecule has 1 aliphatic carbocycles. The first-order valence-electron chi connectivity index (χ1n) is 8.00. The van der Waals surface area contributed by atoms with Gasteiger partial charge in [-0.25, -0.2) is 0 Å². The predicted molar refractivity (Wildman–Crippen MR) is 107 cm³/mol. The second-order valence-corrected chi connectivity index (χ2v) is 20.4. The van der Waals surface area contributed by atoms with Crippen molar-refractivity contribution >= 4 is 32.1 Å². The van der Waals surface area contributed by atoms with Crippen molar-refractivity contribution in [3.63, 3.8) is 0 Å². The molecular weight excluding hydrogens is 364 g/mol. The van der Waals surface area contributed by atoms with E-state index < -0.39 is 16.1 Å². The van der Waals surface area contributed by atoms with Crippen molar-refractivity contribution in [3.05, 3.63) is 58.1 Å². The lowest BCUT2D eigenvalue weighted by Crippen LogP contribution is -2.63. The summed E-state index contributed by atoms with van der Waals surface area (Å²) in [5.41, 5.74) is 6.11. The molecule has 0 N–H and O–H groups in total. The van der Waals surface area contributed by atoms with Crippen LogP contribution in [-0.2, 0) is 4.66 Å². The molecule has 3 heteroatoms. The Labute approximate surface area is 145 Å². The van der Waals surface area contributed by atoms with E-state index in [1.54, 1.807) is 11.1 Å². The molecule has 22 heavy (non-hydrogen) atoms. The van der Waals surface area contributed by atoms with Gasteiger partial charge in [-0.05, 0) is 34.4 Å². The Kier molecular flexibility index (Phi) is 3.63. The molecule has 0 radical (unpaired) electrons. The molecule has 0 fully saturated rings. The Hall–Kier alpha value is -0.646. The zero-order valence-electron chi connectivity index (χ0n) is 14.4. The first-order valence-corrected chi connectivity index (χ1v) is 15.8. The summed E-state index contributed by atoms with van der Waals surface area (Å²) in [6, 6.07) is 16.1. The highest BCUT2D eigenvalue weighted by atomic mass is 79.9. The first kappa shape index (κ1) is 16.2. The standard InChI is InChI=1S/C19H25BrSi2/c1-21(2,3)19(22(4,5)6)17-10-8-7-9-15(17)16-12-11-14(20)13-18(16)19/h7-13H,1-6H3. The van der Waals surface area contributed by atoms with E-state index in [1.165, 1.54) is 15.6 Å². The van der Waals surface area contributed by atoms with E-state index in [9.17, 15) is 0 Å². The molecule has 0 saturated heterocycles. The van der Waals surface area contributed by atoms with Gasteiger partial charge in [0.25, 0.3) is 0 Å². The van der Waals surface area contributed by atoms with Gasteiger partial charge < -0.3 is 0 Å². The highest BCUT2D eigenvalue weighted by Crippen LogP contribution is 2.57. The quantitative estimate of drug-likeness (QED) is 0.516. The van der Waals surface area contributed by atoms with Gasteiger partial charge in [-0.15, -0.1) is 0 Å². The van der Waals surface area contributed by atoms with Gasteiger partial charge in [0.2, 0.25) is 0 Å². The average molecular weight is 389 g/mol. The second-order valence-electron chi connectivity index (χ2n) is 8.49. The molecule has 0 amide bonds. The second kappa shape index (κ2) is 4.92. The lowest BCUT2D eigenvalue weighted by Gasteiger charge is -2.51. The van der Waals surface area contributed by atoms with Crippen molar-refractivity contribution in [2.24, 2.45) is 0 Å². The minimum absolute atomic E-state index is 0.274. The van der Waals surface area contributed by atoms with Gasteiger partial charge in [0.1, 0.15) is 0 Å². The Morgan fingerprint density at radius 2 is 1.27 bits per heavy atom. The van der Waals surface area contributed by atoms with E-state index in [4.69, 9.17) is 0 Å². The normalized spacial score (nSPS) is 16.3. The molecule has 0 atom stereocenters. The minimum atomic E-state index is -1.49. The monoisotopic (exact) mass is 388 g/mol. The summed E-state index contributed by atoms with van der Waals surface area (Å²) in [5, 5.41) is 0. The summed E-state index contributed by atoms with van der Waals surface area (Å²) in [6.07, 6.45) is 0. The van der Waals surface area contributed by atoms with Gasteiger partial charge in [-0.1, -0.05) is 85.5 Å². The molecule has 116 valence electrons.